The van der Waals surface area contributed by atoms with Crippen molar-refractivity contribution in [3.8, 4) is 17.0 Å². The Kier molecular flexibility index (Phi) is 3.29. The van der Waals surface area contributed by atoms with Gasteiger partial charge in [0, 0.05) is 5.56 Å². The smallest absolute Gasteiger partial charge is 0.137 e. The van der Waals surface area contributed by atoms with Crippen molar-refractivity contribution in [2.45, 2.75) is 0 Å². The maximum atomic E-state index is 6.03. The van der Waals surface area contributed by atoms with Gasteiger partial charge in [-0.2, -0.15) is 0 Å². The average molecular weight is 305 g/mol. The Bertz CT molecular complexity index is 486. The van der Waals surface area contributed by atoms with Crippen LogP contribution in [-0.2, 0) is 0 Å². The second-order valence-corrected chi connectivity index (χ2v) is 5.40. The average Bonchev–Trinajstić information content (AvgIpc) is 2.64. The number of hydrogen-bond donors (Lipinski definition) is 0. The van der Waals surface area contributed by atoms with Gasteiger partial charge in [0.1, 0.15) is 5.75 Å². The van der Waals surface area contributed by atoms with E-state index >= 15 is 0 Å². The first-order valence-electron chi connectivity index (χ1n) is 4.15. The van der Waals surface area contributed by atoms with E-state index in [0.717, 1.165) is 15.0 Å². The van der Waals surface area contributed by atoms with Crippen LogP contribution in [0.5, 0.6) is 5.75 Å². The van der Waals surface area contributed by atoms with Crippen LogP contribution in [0.1, 0.15) is 0 Å². The van der Waals surface area contributed by atoms with Crippen molar-refractivity contribution in [1.82, 2.24) is 4.98 Å². The molecule has 0 fully saturated rings. The van der Waals surface area contributed by atoms with Crippen LogP contribution in [0.25, 0.3) is 11.3 Å². The highest BCUT2D eigenvalue weighted by atomic mass is 79.9. The normalized spacial score (nSPS) is 10.3. The van der Waals surface area contributed by atoms with Crippen LogP contribution in [0, 0.1) is 0 Å². The lowest BCUT2D eigenvalue weighted by Crippen LogP contribution is -1.85. The molecule has 0 amide bonds. The summed E-state index contributed by atoms with van der Waals surface area (Å²) in [5.41, 5.74) is 3.68. The maximum Gasteiger partial charge on any atom is 0.137 e. The lowest BCUT2D eigenvalue weighted by molar-refractivity contribution is 0.415. The van der Waals surface area contributed by atoms with Crippen LogP contribution >= 0.6 is 38.9 Å². The lowest BCUT2D eigenvalue weighted by Gasteiger charge is -2.04. The second-order valence-electron chi connectivity index (χ2n) is 2.82. The van der Waals surface area contributed by atoms with E-state index in [-0.39, 0.29) is 0 Å². The maximum absolute atomic E-state index is 6.03. The molecule has 1 aromatic carbocycles. The number of halogens is 2. The quantitative estimate of drug-likeness (QED) is 0.828. The molecule has 5 heteroatoms. The van der Waals surface area contributed by atoms with Crippen LogP contribution < -0.4 is 4.74 Å². The van der Waals surface area contributed by atoms with Crippen molar-refractivity contribution in [3.63, 3.8) is 0 Å². The van der Waals surface area contributed by atoms with E-state index in [1.54, 1.807) is 24.0 Å². The molecule has 2 rings (SSSR count). The predicted molar refractivity (Wildman–Crippen MR) is 66.8 cm³/mol. The van der Waals surface area contributed by atoms with Gasteiger partial charge in [0.2, 0.25) is 0 Å². The van der Waals surface area contributed by atoms with Crippen molar-refractivity contribution < 1.29 is 4.74 Å². The monoisotopic (exact) mass is 303 g/mol. The molecule has 0 unspecified atom stereocenters. The fourth-order valence-corrected chi connectivity index (χ4v) is 2.61. The highest BCUT2D eigenvalue weighted by Gasteiger charge is 2.08. The summed E-state index contributed by atoms with van der Waals surface area (Å²) in [4.78, 5) is 4.25. The standard InChI is InChI=1S/C10H7BrClNOS/c1-14-8-3-2-6(4-7(8)12)9-10(11)15-5-13-9/h2-5H,1H3. The number of rotatable bonds is 2. The molecule has 0 radical (unpaired) electrons. The van der Waals surface area contributed by atoms with Gasteiger partial charge in [-0.3, -0.25) is 0 Å². The van der Waals surface area contributed by atoms with Crippen molar-refractivity contribution in [3.05, 3.63) is 32.5 Å². The summed E-state index contributed by atoms with van der Waals surface area (Å²) in [6, 6.07) is 5.62. The van der Waals surface area contributed by atoms with E-state index in [0.29, 0.717) is 10.8 Å². The van der Waals surface area contributed by atoms with Gasteiger partial charge in [-0.25, -0.2) is 4.98 Å². The van der Waals surface area contributed by atoms with Crippen LogP contribution in [0.3, 0.4) is 0 Å². The zero-order valence-corrected chi connectivity index (χ0v) is 11.0. The molecule has 1 heterocycles. The summed E-state index contributed by atoms with van der Waals surface area (Å²) < 4.78 is 6.09. The van der Waals surface area contributed by atoms with Crippen LogP contribution in [0.15, 0.2) is 27.5 Å². The Morgan fingerprint density at radius 1 is 1.47 bits per heavy atom. The summed E-state index contributed by atoms with van der Waals surface area (Å²) in [5.74, 6) is 0.673. The van der Waals surface area contributed by atoms with E-state index in [4.69, 9.17) is 16.3 Å². The molecule has 0 bridgehead atoms. The van der Waals surface area contributed by atoms with Crippen LogP contribution in [0.4, 0.5) is 0 Å². The zero-order chi connectivity index (χ0) is 10.8. The summed E-state index contributed by atoms with van der Waals surface area (Å²) in [7, 11) is 1.60. The Morgan fingerprint density at radius 2 is 2.27 bits per heavy atom. The van der Waals surface area contributed by atoms with Gasteiger partial charge in [0.05, 0.1) is 27.1 Å². The topological polar surface area (TPSA) is 22.1 Å². The predicted octanol–water partition coefficient (Wildman–Crippen LogP) is 4.23. The summed E-state index contributed by atoms with van der Waals surface area (Å²) >= 11 is 11.0. The van der Waals surface area contributed by atoms with Crippen molar-refractivity contribution in [2.75, 3.05) is 7.11 Å². The number of ether oxygens (including phenoxy) is 1. The van der Waals surface area contributed by atoms with Crippen LogP contribution in [-0.4, -0.2) is 12.1 Å². The first-order valence-corrected chi connectivity index (χ1v) is 6.20. The van der Waals surface area contributed by atoms with Gasteiger partial charge < -0.3 is 4.74 Å². The SMILES string of the molecule is COc1ccc(-c2ncsc2Br)cc1Cl. The molecule has 0 N–H and O–H groups in total. The van der Waals surface area contributed by atoms with E-state index < -0.39 is 0 Å². The minimum Gasteiger partial charge on any atom is -0.495 e. The molecular weight excluding hydrogens is 298 g/mol. The lowest BCUT2D eigenvalue weighted by atomic mass is 10.2. The molecule has 0 spiro atoms. The molecule has 15 heavy (non-hydrogen) atoms. The fraction of sp³-hybridized carbons (Fsp3) is 0.100. The second kappa shape index (κ2) is 4.51. The number of nitrogens with zero attached hydrogens (tertiary/aromatic N) is 1. The zero-order valence-electron chi connectivity index (χ0n) is 7.83. The first-order chi connectivity index (χ1) is 7.22. The van der Waals surface area contributed by atoms with E-state index in [9.17, 15) is 0 Å². The molecule has 0 aliphatic rings. The molecule has 2 aromatic rings. The number of thiazole rings is 1. The van der Waals surface area contributed by atoms with Crippen LogP contribution in [0.2, 0.25) is 5.02 Å². The molecular formula is C10H7BrClNOS. The van der Waals surface area contributed by atoms with Gasteiger partial charge in [-0.15, -0.1) is 11.3 Å². The van der Waals surface area contributed by atoms with E-state index in [1.165, 1.54) is 0 Å². The minimum atomic E-state index is 0.593. The van der Waals surface area contributed by atoms with Gasteiger partial charge in [0.15, 0.2) is 0 Å². The number of aromatic nitrogens is 1. The van der Waals surface area contributed by atoms with Crippen molar-refractivity contribution in [2.24, 2.45) is 0 Å². The minimum absolute atomic E-state index is 0.593. The van der Waals surface area contributed by atoms with E-state index in [1.807, 2.05) is 18.2 Å². The number of hydrogen-bond acceptors (Lipinski definition) is 3. The third-order valence-electron chi connectivity index (χ3n) is 1.95. The summed E-state index contributed by atoms with van der Waals surface area (Å²) in [5, 5.41) is 0.593. The van der Waals surface area contributed by atoms with Gasteiger partial charge in [-0.05, 0) is 34.1 Å². The third kappa shape index (κ3) is 2.17. The molecule has 0 aliphatic carbocycles. The van der Waals surface area contributed by atoms with Crippen molar-refractivity contribution in [1.29, 1.82) is 0 Å². The fourth-order valence-electron chi connectivity index (χ4n) is 1.23. The molecule has 0 atom stereocenters. The Morgan fingerprint density at radius 3 is 2.80 bits per heavy atom. The third-order valence-corrected chi connectivity index (χ3v) is 3.79. The largest absolute Gasteiger partial charge is 0.495 e. The van der Waals surface area contributed by atoms with E-state index in [2.05, 4.69) is 20.9 Å². The molecule has 0 saturated carbocycles. The van der Waals surface area contributed by atoms with Gasteiger partial charge >= 0.3 is 0 Å². The Balaban J connectivity index is 2.47. The highest BCUT2D eigenvalue weighted by Crippen LogP contribution is 2.34. The van der Waals surface area contributed by atoms with Gasteiger partial charge in [0.25, 0.3) is 0 Å². The molecule has 0 aliphatic heterocycles. The number of benzene rings is 1. The van der Waals surface area contributed by atoms with Gasteiger partial charge in [-0.1, -0.05) is 11.6 Å². The highest BCUT2D eigenvalue weighted by molar-refractivity contribution is 9.11. The summed E-state index contributed by atoms with van der Waals surface area (Å²) in [6.45, 7) is 0. The molecule has 78 valence electrons. The molecule has 2 nitrogen and oxygen atoms in total. The first kappa shape index (κ1) is 10.9. The number of methoxy groups -OCH3 is 1. The molecule has 0 saturated heterocycles. The summed E-state index contributed by atoms with van der Waals surface area (Å²) in [6.07, 6.45) is 0. The molecule has 1 aromatic heterocycles. The Hall–Kier alpha value is -0.580. The Labute approximate surface area is 105 Å². The van der Waals surface area contributed by atoms with Crippen molar-refractivity contribution >= 4 is 38.9 Å².